The number of nitro groups is 1. The largest absolute Gasteiger partial charge is 0.293 e. The van der Waals surface area contributed by atoms with Crippen LogP contribution in [0.2, 0.25) is 10.0 Å². The Bertz CT molecular complexity index is 689. The Labute approximate surface area is 135 Å². The van der Waals surface area contributed by atoms with E-state index in [1.165, 1.54) is 30.0 Å². The van der Waals surface area contributed by atoms with Gasteiger partial charge in [-0.15, -0.1) is 11.8 Å². The van der Waals surface area contributed by atoms with Crippen molar-refractivity contribution in [2.75, 3.05) is 5.75 Å². The van der Waals surface area contributed by atoms with Gasteiger partial charge in [-0.25, -0.2) is 0 Å². The van der Waals surface area contributed by atoms with Crippen LogP contribution in [0.5, 0.6) is 0 Å². The van der Waals surface area contributed by atoms with Gasteiger partial charge < -0.3 is 0 Å². The van der Waals surface area contributed by atoms with Gasteiger partial charge in [-0.3, -0.25) is 14.9 Å². The van der Waals surface area contributed by atoms with Crippen LogP contribution in [-0.4, -0.2) is 16.5 Å². The molecule has 0 heterocycles. The Hall–Kier alpha value is -1.56. The molecule has 21 heavy (non-hydrogen) atoms. The van der Waals surface area contributed by atoms with Crippen molar-refractivity contribution in [3.05, 3.63) is 68.2 Å². The quantitative estimate of drug-likeness (QED) is 0.336. The number of non-ortho nitro benzene ring substituents is 1. The number of halogens is 2. The van der Waals surface area contributed by atoms with Crippen LogP contribution in [0.3, 0.4) is 0 Å². The van der Waals surface area contributed by atoms with Crippen molar-refractivity contribution in [1.29, 1.82) is 0 Å². The molecule has 0 unspecified atom stereocenters. The normalized spacial score (nSPS) is 10.4. The average molecular weight is 342 g/mol. The van der Waals surface area contributed by atoms with Gasteiger partial charge in [0, 0.05) is 27.6 Å². The highest BCUT2D eigenvalue weighted by Crippen LogP contribution is 2.25. The Morgan fingerprint density at radius 1 is 1.14 bits per heavy atom. The SMILES string of the molecule is O=C(CSc1ccc([N+](=O)[O-])cc1)c1cc(Cl)ccc1Cl. The molecule has 0 aliphatic carbocycles. The minimum absolute atomic E-state index is 0.0172. The van der Waals surface area contributed by atoms with Gasteiger partial charge in [0.1, 0.15) is 0 Å². The molecule has 0 aliphatic rings. The molecule has 0 amide bonds. The van der Waals surface area contributed by atoms with Crippen LogP contribution in [0.15, 0.2) is 47.4 Å². The summed E-state index contributed by atoms with van der Waals surface area (Å²) in [7, 11) is 0. The summed E-state index contributed by atoms with van der Waals surface area (Å²) in [4.78, 5) is 22.9. The second-order valence-electron chi connectivity index (χ2n) is 4.09. The highest BCUT2D eigenvalue weighted by Gasteiger charge is 2.12. The first-order chi connectivity index (χ1) is 9.97. The fourth-order valence-corrected chi connectivity index (χ4v) is 2.78. The van der Waals surface area contributed by atoms with Crippen LogP contribution in [0.25, 0.3) is 0 Å². The van der Waals surface area contributed by atoms with E-state index in [0.29, 0.717) is 15.6 Å². The predicted octanol–water partition coefficient (Wildman–Crippen LogP) is 4.88. The average Bonchev–Trinajstić information content (AvgIpc) is 2.47. The molecule has 0 atom stereocenters. The summed E-state index contributed by atoms with van der Waals surface area (Å²) in [5.41, 5.74) is 0.391. The highest BCUT2D eigenvalue weighted by atomic mass is 35.5. The third-order valence-corrected chi connectivity index (χ3v) is 4.22. The molecule has 7 heteroatoms. The lowest BCUT2D eigenvalue weighted by molar-refractivity contribution is -0.384. The van der Waals surface area contributed by atoms with E-state index in [1.807, 2.05) is 0 Å². The number of carbonyl (C=O) groups is 1. The Kier molecular flexibility index (Phi) is 5.22. The third-order valence-electron chi connectivity index (χ3n) is 2.65. The summed E-state index contributed by atoms with van der Waals surface area (Å²) in [5, 5.41) is 11.4. The molecule has 2 rings (SSSR count). The molecule has 2 aromatic rings. The number of thioether (sulfide) groups is 1. The summed E-state index contributed by atoms with van der Waals surface area (Å²) >= 11 is 13.1. The van der Waals surface area contributed by atoms with Crippen molar-refractivity contribution in [2.45, 2.75) is 4.90 Å². The molecule has 0 bridgehead atoms. The lowest BCUT2D eigenvalue weighted by Gasteiger charge is -2.04. The van der Waals surface area contributed by atoms with E-state index < -0.39 is 4.92 Å². The third kappa shape index (κ3) is 4.20. The molecule has 0 spiro atoms. The molecule has 0 fully saturated rings. The van der Waals surface area contributed by atoms with Crippen LogP contribution < -0.4 is 0 Å². The van der Waals surface area contributed by atoms with Crippen molar-refractivity contribution in [3.63, 3.8) is 0 Å². The van der Waals surface area contributed by atoms with Crippen molar-refractivity contribution in [1.82, 2.24) is 0 Å². The predicted molar refractivity (Wildman–Crippen MR) is 84.6 cm³/mol. The Morgan fingerprint density at radius 2 is 1.81 bits per heavy atom. The van der Waals surface area contributed by atoms with Crippen molar-refractivity contribution in [2.24, 2.45) is 0 Å². The zero-order valence-corrected chi connectivity index (χ0v) is 12.9. The summed E-state index contributed by atoms with van der Waals surface area (Å²) in [6.07, 6.45) is 0. The van der Waals surface area contributed by atoms with E-state index in [2.05, 4.69) is 0 Å². The van der Waals surface area contributed by atoms with Crippen molar-refractivity contribution < 1.29 is 9.72 Å². The molecular formula is C14H9Cl2NO3S. The van der Waals surface area contributed by atoms with E-state index in [-0.39, 0.29) is 17.2 Å². The maximum atomic E-state index is 12.1. The smallest absolute Gasteiger partial charge is 0.269 e. The fraction of sp³-hybridized carbons (Fsp3) is 0.0714. The number of nitro benzene ring substituents is 1. The van der Waals surface area contributed by atoms with Crippen molar-refractivity contribution in [3.8, 4) is 0 Å². The summed E-state index contributed by atoms with van der Waals surface area (Å²) in [6.45, 7) is 0. The van der Waals surface area contributed by atoms with E-state index >= 15 is 0 Å². The fourth-order valence-electron chi connectivity index (χ4n) is 1.60. The van der Waals surface area contributed by atoms with Gasteiger partial charge >= 0.3 is 0 Å². The van der Waals surface area contributed by atoms with Crippen molar-refractivity contribution >= 4 is 46.4 Å². The molecule has 2 aromatic carbocycles. The second kappa shape index (κ2) is 6.93. The number of nitrogens with zero attached hydrogens (tertiary/aromatic N) is 1. The first-order valence-electron chi connectivity index (χ1n) is 5.83. The topological polar surface area (TPSA) is 60.2 Å². The van der Waals surface area contributed by atoms with E-state index in [0.717, 1.165) is 4.90 Å². The standard InChI is InChI=1S/C14H9Cl2NO3S/c15-9-1-6-13(16)12(7-9)14(18)8-21-11-4-2-10(3-5-11)17(19)20/h1-7H,8H2. The first kappa shape index (κ1) is 15.8. The Balaban J connectivity index is 2.04. The van der Waals surface area contributed by atoms with Gasteiger partial charge in [-0.05, 0) is 30.3 Å². The van der Waals surface area contributed by atoms with E-state index in [1.54, 1.807) is 24.3 Å². The monoisotopic (exact) mass is 341 g/mol. The molecule has 0 saturated carbocycles. The summed E-state index contributed by atoms with van der Waals surface area (Å²) in [5.74, 6) is 0.0311. The zero-order chi connectivity index (χ0) is 15.4. The van der Waals surface area contributed by atoms with Gasteiger partial charge in [0.15, 0.2) is 5.78 Å². The summed E-state index contributed by atoms with van der Waals surface area (Å²) < 4.78 is 0. The number of rotatable bonds is 5. The second-order valence-corrected chi connectivity index (χ2v) is 5.98. The van der Waals surface area contributed by atoms with E-state index in [4.69, 9.17) is 23.2 Å². The molecule has 0 aromatic heterocycles. The molecule has 0 aliphatic heterocycles. The molecule has 0 saturated heterocycles. The molecule has 0 radical (unpaired) electrons. The van der Waals surface area contributed by atoms with Crippen LogP contribution in [0, 0.1) is 10.1 Å². The zero-order valence-electron chi connectivity index (χ0n) is 10.6. The van der Waals surface area contributed by atoms with Crippen LogP contribution in [0.4, 0.5) is 5.69 Å². The number of ketones is 1. The lowest BCUT2D eigenvalue weighted by atomic mass is 10.1. The number of hydrogen-bond acceptors (Lipinski definition) is 4. The first-order valence-corrected chi connectivity index (χ1v) is 7.57. The Morgan fingerprint density at radius 3 is 2.43 bits per heavy atom. The highest BCUT2D eigenvalue weighted by molar-refractivity contribution is 8.00. The van der Waals surface area contributed by atoms with Gasteiger partial charge in [0.2, 0.25) is 0 Å². The minimum Gasteiger partial charge on any atom is -0.293 e. The van der Waals surface area contributed by atoms with Crippen LogP contribution >= 0.6 is 35.0 Å². The molecule has 108 valence electrons. The number of benzene rings is 2. The maximum absolute atomic E-state index is 12.1. The van der Waals surface area contributed by atoms with E-state index in [9.17, 15) is 14.9 Å². The molecular weight excluding hydrogens is 333 g/mol. The molecule has 4 nitrogen and oxygen atoms in total. The minimum atomic E-state index is -0.467. The number of Topliss-reactive ketones (excluding diaryl/α,β-unsaturated/α-hetero) is 1. The van der Waals surface area contributed by atoms with Gasteiger partial charge in [0.05, 0.1) is 15.7 Å². The van der Waals surface area contributed by atoms with Crippen LogP contribution in [-0.2, 0) is 0 Å². The van der Waals surface area contributed by atoms with Crippen LogP contribution in [0.1, 0.15) is 10.4 Å². The number of carbonyl (C=O) groups excluding carboxylic acids is 1. The van der Waals surface area contributed by atoms with Gasteiger partial charge in [-0.2, -0.15) is 0 Å². The molecule has 0 N–H and O–H groups in total. The summed E-state index contributed by atoms with van der Waals surface area (Å²) in [6, 6.07) is 10.7. The van der Waals surface area contributed by atoms with Gasteiger partial charge in [-0.1, -0.05) is 23.2 Å². The lowest BCUT2D eigenvalue weighted by Crippen LogP contribution is -2.03. The van der Waals surface area contributed by atoms with Gasteiger partial charge in [0.25, 0.3) is 5.69 Å². The maximum Gasteiger partial charge on any atom is 0.269 e. The number of hydrogen-bond donors (Lipinski definition) is 0.